The van der Waals surface area contributed by atoms with Gasteiger partial charge in [-0.25, -0.2) is 13.8 Å². The van der Waals surface area contributed by atoms with Gasteiger partial charge in [-0.05, 0) is 30.3 Å². The minimum Gasteiger partial charge on any atom is -0.484 e. The van der Waals surface area contributed by atoms with Crippen molar-refractivity contribution in [2.75, 3.05) is 12.3 Å². The number of fused-ring (bicyclic) bond motifs is 1. The summed E-state index contributed by atoms with van der Waals surface area (Å²) in [5, 5.41) is 0. The number of nitrogens with zero attached hydrogens (tertiary/aromatic N) is 2. The molecule has 2 N–H and O–H groups in total. The molecule has 8 heteroatoms. The minimum atomic E-state index is -0.625. The van der Waals surface area contributed by atoms with Crippen LogP contribution in [0.15, 0.2) is 46.9 Å². The number of hydrogen-bond acceptors (Lipinski definition) is 5. The Morgan fingerprint density at radius 3 is 2.89 bits per heavy atom. The summed E-state index contributed by atoms with van der Waals surface area (Å²) in [4.78, 5) is 18.6. The molecule has 0 fully saturated rings. The van der Waals surface area contributed by atoms with E-state index in [-0.39, 0.29) is 30.3 Å². The summed E-state index contributed by atoms with van der Waals surface area (Å²) in [6.07, 6.45) is 0.516. The van der Waals surface area contributed by atoms with Crippen molar-refractivity contribution < 1.29 is 22.7 Å². The number of anilines is 1. The number of nitrogens with two attached hydrogens (primary N) is 1. The number of hydrogen-bond donors (Lipinski definition) is 1. The first-order valence-corrected chi connectivity index (χ1v) is 8.70. The first-order valence-electron chi connectivity index (χ1n) is 8.70. The summed E-state index contributed by atoms with van der Waals surface area (Å²) in [7, 11) is 0. The summed E-state index contributed by atoms with van der Waals surface area (Å²) in [5.41, 5.74) is 6.43. The van der Waals surface area contributed by atoms with Crippen LogP contribution >= 0.6 is 0 Å². The number of oxazole rings is 1. The van der Waals surface area contributed by atoms with Gasteiger partial charge in [-0.2, -0.15) is 0 Å². The first-order chi connectivity index (χ1) is 13.5. The summed E-state index contributed by atoms with van der Waals surface area (Å²) >= 11 is 0. The van der Waals surface area contributed by atoms with Gasteiger partial charge in [0.25, 0.3) is 5.91 Å². The minimum absolute atomic E-state index is 0.00402. The fourth-order valence-corrected chi connectivity index (χ4v) is 3.03. The van der Waals surface area contributed by atoms with Gasteiger partial charge >= 0.3 is 0 Å². The average Bonchev–Trinajstić information content (AvgIpc) is 3.10. The highest BCUT2D eigenvalue weighted by Gasteiger charge is 2.26. The van der Waals surface area contributed by atoms with Crippen LogP contribution in [0.4, 0.5) is 14.5 Å². The van der Waals surface area contributed by atoms with E-state index in [1.165, 1.54) is 24.3 Å². The lowest BCUT2D eigenvalue weighted by Gasteiger charge is -2.25. The number of carbonyl (C=O) groups excluding carboxylic acids is 1. The second-order valence-electron chi connectivity index (χ2n) is 6.44. The zero-order valence-electron chi connectivity index (χ0n) is 14.8. The molecule has 1 aliphatic rings. The molecule has 0 saturated carbocycles. The Morgan fingerprint density at radius 1 is 1.25 bits per heavy atom. The Labute approximate surface area is 159 Å². The van der Waals surface area contributed by atoms with Crippen LogP contribution in [0.1, 0.15) is 27.7 Å². The van der Waals surface area contributed by atoms with Crippen molar-refractivity contribution in [3.63, 3.8) is 0 Å². The number of amides is 1. The van der Waals surface area contributed by atoms with E-state index in [0.29, 0.717) is 30.4 Å². The number of benzene rings is 2. The van der Waals surface area contributed by atoms with Crippen LogP contribution in [-0.4, -0.2) is 22.3 Å². The summed E-state index contributed by atoms with van der Waals surface area (Å²) in [5.74, 6) is -0.0373. The predicted molar refractivity (Wildman–Crippen MR) is 96.5 cm³/mol. The number of rotatable bonds is 4. The molecule has 1 aromatic heterocycles. The molecule has 28 heavy (non-hydrogen) atoms. The van der Waals surface area contributed by atoms with Gasteiger partial charge in [0.1, 0.15) is 23.1 Å². The molecule has 1 amide bonds. The van der Waals surface area contributed by atoms with Crippen molar-refractivity contribution >= 4 is 11.6 Å². The number of ether oxygens (including phenoxy) is 1. The number of aromatic nitrogens is 1. The monoisotopic (exact) mass is 385 g/mol. The molecule has 0 spiro atoms. The molecule has 3 aromatic rings. The van der Waals surface area contributed by atoms with Crippen molar-refractivity contribution in [3.05, 3.63) is 77.0 Å². The Balaban J connectivity index is 1.44. The zero-order valence-corrected chi connectivity index (χ0v) is 14.8. The third kappa shape index (κ3) is 3.66. The van der Waals surface area contributed by atoms with E-state index >= 15 is 0 Å². The maximum Gasteiger partial charge on any atom is 0.254 e. The molecule has 0 aliphatic carbocycles. The standard InChI is InChI=1S/C20H17F2N3O3/c21-13-2-1-3-14(9-13)27-11-19-24-17-6-7-25(10-18(17)28-19)20(26)12-4-5-16(23)15(22)8-12/h1-5,8-9H,6-7,10-11,23H2. The van der Waals surface area contributed by atoms with Crippen LogP contribution in [0, 0.1) is 11.6 Å². The lowest BCUT2D eigenvalue weighted by atomic mass is 10.1. The molecule has 0 radical (unpaired) electrons. The van der Waals surface area contributed by atoms with Crippen molar-refractivity contribution in [1.82, 2.24) is 9.88 Å². The van der Waals surface area contributed by atoms with Crippen molar-refractivity contribution in [2.24, 2.45) is 0 Å². The molecule has 2 aromatic carbocycles. The lowest BCUT2D eigenvalue weighted by molar-refractivity contribution is 0.0717. The van der Waals surface area contributed by atoms with Crippen LogP contribution in [0.3, 0.4) is 0 Å². The predicted octanol–water partition coefficient (Wildman–Crippen LogP) is 3.31. The van der Waals surface area contributed by atoms with Gasteiger partial charge < -0.3 is 19.8 Å². The molecule has 6 nitrogen and oxygen atoms in total. The highest BCUT2D eigenvalue weighted by Crippen LogP contribution is 2.23. The Hall–Kier alpha value is -3.42. The van der Waals surface area contributed by atoms with Gasteiger partial charge in [0.15, 0.2) is 6.61 Å². The molecule has 0 bridgehead atoms. The quantitative estimate of drug-likeness (QED) is 0.697. The maximum atomic E-state index is 13.6. The van der Waals surface area contributed by atoms with Crippen LogP contribution in [-0.2, 0) is 19.6 Å². The SMILES string of the molecule is Nc1ccc(C(=O)N2CCc3nc(COc4cccc(F)c4)oc3C2)cc1F. The normalized spacial score (nSPS) is 13.3. The van der Waals surface area contributed by atoms with Crippen molar-refractivity contribution in [3.8, 4) is 5.75 Å². The average molecular weight is 385 g/mol. The van der Waals surface area contributed by atoms with E-state index in [1.54, 1.807) is 17.0 Å². The van der Waals surface area contributed by atoms with Crippen LogP contribution in [0.2, 0.25) is 0 Å². The van der Waals surface area contributed by atoms with Gasteiger partial charge in [0, 0.05) is 24.6 Å². The van der Waals surface area contributed by atoms with E-state index in [9.17, 15) is 13.6 Å². The molecule has 2 heterocycles. The molecule has 0 saturated heterocycles. The molecule has 0 unspecified atom stereocenters. The van der Waals surface area contributed by atoms with Gasteiger partial charge in [0.2, 0.25) is 5.89 Å². The van der Waals surface area contributed by atoms with E-state index in [4.69, 9.17) is 14.9 Å². The Kier molecular flexibility index (Phi) is 4.68. The second-order valence-corrected chi connectivity index (χ2v) is 6.44. The maximum absolute atomic E-state index is 13.6. The van der Waals surface area contributed by atoms with Gasteiger partial charge in [-0.15, -0.1) is 0 Å². The van der Waals surface area contributed by atoms with E-state index in [0.717, 1.165) is 11.8 Å². The molecule has 1 aliphatic heterocycles. The molecular weight excluding hydrogens is 368 g/mol. The van der Waals surface area contributed by atoms with Gasteiger partial charge in [0.05, 0.1) is 17.9 Å². The zero-order chi connectivity index (χ0) is 19.7. The third-order valence-corrected chi connectivity index (χ3v) is 4.47. The number of halogens is 2. The summed E-state index contributed by atoms with van der Waals surface area (Å²) < 4.78 is 38.0. The second kappa shape index (κ2) is 7.30. The number of carbonyl (C=O) groups is 1. The van der Waals surface area contributed by atoms with Gasteiger partial charge in [-0.1, -0.05) is 6.07 Å². The first kappa shape index (κ1) is 18.0. The smallest absolute Gasteiger partial charge is 0.254 e. The highest BCUT2D eigenvalue weighted by atomic mass is 19.1. The molecular formula is C20H17F2N3O3. The fraction of sp³-hybridized carbons (Fsp3) is 0.200. The van der Waals surface area contributed by atoms with Crippen molar-refractivity contribution in [2.45, 2.75) is 19.6 Å². The lowest BCUT2D eigenvalue weighted by Crippen LogP contribution is -2.35. The molecule has 144 valence electrons. The topological polar surface area (TPSA) is 81.6 Å². The van der Waals surface area contributed by atoms with Crippen LogP contribution < -0.4 is 10.5 Å². The third-order valence-electron chi connectivity index (χ3n) is 4.47. The number of nitrogen functional groups attached to an aromatic ring is 1. The van der Waals surface area contributed by atoms with Gasteiger partial charge in [-0.3, -0.25) is 4.79 Å². The molecule has 4 rings (SSSR count). The van der Waals surface area contributed by atoms with Crippen LogP contribution in [0.5, 0.6) is 5.75 Å². The summed E-state index contributed by atoms with van der Waals surface area (Å²) in [6, 6.07) is 9.78. The fourth-order valence-electron chi connectivity index (χ4n) is 3.03. The van der Waals surface area contributed by atoms with E-state index < -0.39 is 11.6 Å². The molecule has 0 atom stereocenters. The van der Waals surface area contributed by atoms with E-state index in [2.05, 4.69) is 4.98 Å². The van der Waals surface area contributed by atoms with E-state index in [1.807, 2.05) is 0 Å². The van der Waals surface area contributed by atoms with Crippen molar-refractivity contribution in [1.29, 1.82) is 0 Å². The Morgan fingerprint density at radius 2 is 2.11 bits per heavy atom. The summed E-state index contributed by atoms with van der Waals surface area (Å²) in [6.45, 7) is 0.718. The Bertz CT molecular complexity index is 1040. The van der Waals surface area contributed by atoms with Crippen LogP contribution in [0.25, 0.3) is 0 Å². The highest BCUT2D eigenvalue weighted by molar-refractivity contribution is 5.94. The largest absolute Gasteiger partial charge is 0.484 e.